The molecular weight excluding hydrogens is 289 g/mol. The number of carbonyl (C=O) groups excluding carboxylic acids is 1. The van der Waals surface area contributed by atoms with Gasteiger partial charge in [-0.1, -0.05) is 23.2 Å². The molecule has 1 amide bonds. The molecule has 1 heterocycles. The molecule has 1 atom stereocenters. The number of nitrogens with zero attached hydrogens (tertiary/aromatic N) is 2. The Bertz CT molecular complexity index is 593. The number of rotatable bonds is 3. The van der Waals surface area contributed by atoms with Gasteiger partial charge in [-0.2, -0.15) is 5.10 Å². The Kier molecular flexibility index (Phi) is 4.09. The predicted octanol–water partition coefficient (Wildman–Crippen LogP) is 2.40. The number of amides is 1. The Balaban J connectivity index is 2.14. The molecule has 2 rings (SSSR count). The van der Waals surface area contributed by atoms with Crippen molar-refractivity contribution in [2.75, 3.05) is 5.32 Å². The molecule has 0 unspecified atom stereocenters. The number of hydrogen-bond acceptors (Lipinski definition) is 3. The van der Waals surface area contributed by atoms with E-state index in [4.69, 9.17) is 23.2 Å². The van der Waals surface area contributed by atoms with Crippen molar-refractivity contribution in [3.8, 4) is 0 Å². The molecule has 5 nitrogen and oxygen atoms in total. The molecule has 0 aliphatic carbocycles. The van der Waals surface area contributed by atoms with Crippen LogP contribution in [0.1, 0.15) is 11.7 Å². The van der Waals surface area contributed by atoms with Gasteiger partial charge in [0.2, 0.25) is 0 Å². The maximum absolute atomic E-state index is 11.8. The number of aromatic nitrogens is 2. The molecule has 19 heavy (non-hydrogen) atoms. The molecule has 0 aliphatic rings. The number of carbonyl (C=O) groups is 1. The lowest BCUT2D eigenvalue weighted by Gasteiger charge is -2.11. The summed E-state index contributed by atoms with van der Waals surface area (Å²) >= 11 is 11.6. The molecule has 7 heteroatoms. The highest BCUT2D eigenvalue weighted by atomic mass is 35.5. The quantitative estimate of drug-likeness (QED) is 0.914. The first-order valence-corrected chi connectivity index (χ1v) is 6.16. The van der Waals surface area contributed by atoms with Crippen molar-refractivity contribution in [1.29, 1.82) is 0 Å². The molecule has 0 spiro atoms. The van der Waals surface area contributed by atoms with Crippen molar-refractivity contribution in [3.05, 3.63) is 46.1 Å². The van der Waals surface area contributed by atoms with Crippen molar-refractivity contribution in [2.45, 2.75) is 6.10 Å². The van der Waals surface area contributed by atoms with Crippen LogP contribution in [0.5, 0.6) is 0 Å². The van der Waals surface area contributed by atoms with Gasteiger partial charge in [0, 0.05) is 29.4 Å². The number of nitrogens with one attached hydrogen (secondary N) is 1. The van der Waals surface area contributed by atoms with Gasteiger partial charge in [0.25, 0.3) is 5.91 Å². The average molecular weight is 300 g/mol. The fourth-order valence-corrected chi connectivity index (χ4v) is 2.10. The summed E-state index contributed by atoms with van der Waals surface area (Å²) in [5, 5.41) is 17.1. The highest BCUT2D eigenvalue weighted by Crippen LogP contribution is 2.24. The number of aryl methyl sites for hydroxylation is 1. The van der Waals surface area contributed by atoms with Crippen LogP contribution in [0.4, 0.5) is 5.82 Å². The molecule has 0 saturated carbocycles. The molecule has 0 bridgehead atoms. The first-order valence-electron chi connectivity index (χ1n) is 5.40. The van der Waals surface area contributed by atoms with Gasteiger partial charge in [0.1, 0.15) is 0 Å². The van der Waals surface area contributed by atoms with Crippen molar-refractivity contribution < 1.29 is 9.90 Å². The zero-order valence-electron chi connectivity index (χ0n) is 9.97. The van der Waals surface area contributed by atoms with Crippen LogP contribution in [0.2, 0.25) is 10.0 Å². The highest BCUT2D eigenvalue weighted by molar-refractivity contribution is 6.34. The fraction of sp³-hybridized carbons (Fsp3) is 0.167. The maximum atomic E-state index is 11.8. The smallest absolute Gasteiger partial charge is 0.259 e. The molecule has 100 valence electrons. The second kappa shape index (κ2) is 5.61. The van der Waals surface area contributed by atoms with Crippen LogP contribution in [-0.2, 0) is 11.8 Å². The number of aliphatic hydroxyl groups excluding tert-OH is 1. The van der Waals surface area contributed by atoms with E-state index in [0.717, 1.165) is 0 Å². The molecule has 2 N–H and O–H groups in total. The Morgan fingerprint density at radius 2 is 2.00 bits per heavy atom. The first kappa shape index (κ1) is 13.9. The van der Waals surface area contributed by atoms with Gasteiger partial charge >= 0.3 is 0 Å². The molecule has 0 aliphatic heterocycles. The van der Waals surface area contributed by atoms with Crippen LogP contribution < -0.4 is 5.32 Å². The van der Waals surface area contributed by atoms with E-state index in [1.165, 1.54) is 22.9 Å². The lowest BCUT2D eigenvalue weighted by Crippen LogP contribution is -2.21. The van der Waals surface area contributed by atoms with E-state index in [1.54, 1.807) is 19.3 Å². The highest BCUT2D eigenvalue weighted by Gasteiger charge is 2.19. The van der Waals surface area contributed by atoms with Crippen LogP contribution in [0.15, 0.2) is 30.5 Å². The Hall–Kier alpha value is -1.56. The van der Waals surface area contributed by atoms with E-state index >= 15 is 0 Å². The van der Waals surface area contributed by atoms with E-state index < -0.39 is 12.0 Å². The lowest BCUT2D eigenvalue weighted by atomic mass is 10.1. The van der Waals surface area contributed by atoms with Crippen molar-refractivity contribution in [2.24, 2.45) is 7.05 Å². The van der Waals surface area contributed by atoms with E-state index in [9.17, 15) is 9.90 Å². The summed E-state index contributed by atoms with van der Waals surface area (Å²) in [6.07, 6.45) is 0.316. The van der Waals surface area contributed by atoms with Crippen molar-refractivity contribution in [3.63, 3.8) is 0 Å². The standard InChI is InChI=1S/C12H11Cl2N3O2/c1-17-3-2-10(16-17)15-12(19)11(18)7-4-8(13)6-9(14)5-7/h2-6,11,18H,1H3,(H,15,16,19)/t11-/m1/s1. The zero-order valence-corrected chi connectivity index (χ0v) is 11.5. The van der Waals surface area contributed by atoms with Crippen LogP contribution >= 0.6 is 23.2 Å². The molecule has 2 aromatic rings. The third-order valence-electron chi connectivity index (χ3n) is 2.41. The zero-order chi connectivity index (χ0) is 14.0. The summed E-state index contributed by atoms with van der Waals surface area (Å²) in [5.41, 5.74) is 0.325. The Morgan fingerprint density at radius 1 is 1.37 bits per heavy atom. The normalized spacial score (nSPS) is 12.2. The number of benzene rings is 1. The largest absolute Gasteiger partial charge is 0.378 e. The summed E-state index contributed by atoms with van der Waals surface area (Å²) in [7, 11) is 1.73. The number of hydrogen-bond donors (Lipinski definition) is 2. The Morgan fingerprint density at radius 3 is 2.53 bits per heavy atom. The van der Waals surface area contributed by atoms with Crippen LogP contribution in [0.25, 0.3) is 0 Å². The van der Waals surface area contributed by atoms with Gasteiger partial charge in [-0.05, 0) is 23.8 Å². The van der Waals surface area contributed by atoms with Crippen LogP contribution in [0, 0.1) is 0 Å². The molecule has 0 fully saturated rings. The minimum Gasteiger partial charge on any atom is -0.378 e. The number of aliphatic hydroxyl groups is 1. The van der Waals surface area contributed by atoms with Gasteiger partial charge < -0.3 is 10.4 Å². The van der Waals surface area contributed by atoms with Crippen molar-refractivity contribution in [1.82, 2.24) is 9.78 Å². The molecule has 1 aromatic carbocycles. The minimum absolute atomic E-state index is 0.325. The lowest BCUT2D eigenvalue weighted by molar-refractivity contribution is -0.124. The maximum Gasteiger partial charge on any atom is 0.259 e. The molecular formula is C12H11Cl2N3O2. The summed E-state index contributed by atoms with van der Waals surface area (Å²) in [6, 6.07) is 6.11. The molecule has 0 radical (unpaired) electrons. The summed E-state index contributed by atoms with van der Waals surface area (Å²) < 4.78 is 1.54. The number of anilines is 1. The first-order chi connectivity index (χ1) is 8.95. The van der Waals surface area contributed by atoms with Gasteiger partial charge in [-0.3, -0.25) is 9.48 Å². The SMILES string of the molecule is Cn1ccc(NC(=O)[C@H](O)c2cc(Cl)cc(Cl)c2)n1. The third-order valence-corrected chi connectivity index (χ3v) is 2.85. The summed E-state index contributed by atoms with van der Waals surface area (Å²) in [4.78, 5) is 11.8. The molecule has 1 aromatic heterocycles. The van der Waals surface area contributed by atoms with Crippen LogP contribution in [-0.4, -0.2) is 20.8 Å². The third kappa shape index (κ3) is 3.47. The van der Waals surface area contributed by atoms with Crippen molar-refractivity contribution >= 4 is 34.9 Å². The van der Waals surface area contributed by atoms with Gasteiger partial charge in [0.15, 0.2) is 11.9 Å². The summed E-state index contributed by atoms with van der Waals surface area (Å²) in [6.45, 7) is 0. The Labute approximate surface area is 119 Å². The van der Waals surface area contributed by atoms with E-state index in [2.05, 4.69) is 10.4 Å². The average Bonchev–Trinajstić information content (AvgIpc) is 2.72. The fourth-order valence-electron chi connectivity index (χ4n) is 1.56. The molecule has 0 saturated heterocycles. The van der Waals surface area contributed by atoms with E-state index in [-0.39, 0.29) is 0 Å². The topological polar surface area (TPSA) is 67.2 Å². The van der Waals surface area contributed by atoms with Gasteiger partial charge in [-0.15, -0.1) is 0 Å². The van der Waals surface area contributed by atoms with E-state index in [0.29, 0.717) is 21.4 Å². The van der Waals surface area contributed by atoms with Crippen LogP contribution in [0.3, 0.4) is 0 Å². The predicted molar refractivity (Wildman–Crippen MR) is 73.3 cm³/mol. The monoisotopic (exact) mass is 299 g/mol. The van der Waals surface area contributed by atoms with E-state index in [1.807, 2.05) is 0 Å². The second-order valence-corrected chi connectivity index (χ2v) is 4.84. The van der Waals surface area contributed by atoms with Gasteiger partial charge in [0.05, 0.1) is 0 Å². The second-order valence-electron chi connectivity index (χ2n) is 3.97. The van der Waals surface area contributed by atoms with Gasteiger partial charge in [-0.25, -0.2) is 0 Å². The minimum atomic E-state index is -1.36. The number of halogens is 2. The summed E-state index contributed by atoms with van der Waals surface area (Å²) in [5.74, 6) is -0.239.